The number of aryl methyl sites for hydroxylation is 1. The Morgan fingerprint density at radius 1 is 1.33 bits per heavy atom. The first kappa shape index (κ1) is 14.7. The maximum atomic E-state index is 10.7. The van der Waals surface area contributed by atoms with Gasteiger partial charge in [0, 0.05) is 6.42 Å². The number of hydrogen-bond acceptors (Lipinski definition) is 2. The predicted octanol–water partition coefficient (Wildman–Crippen LogP) is 3.99. The van der Waals surface area contributed by atoms with Gasteiger partial charge in [-0.25, -0.2) is 0 Å². The maximum Gasteiger partial charge on any atom is 0.122 e. The van der Waals surface area contributed by atoms with Crippen LogP contribution in [-0.2, 0) is 10.2 Å². The Hall–Kier alpha value is -1.31. The lowest BCUT2D eigenvalue weighted by atomic mass is 9.82. The Morgan fingerprint density at radius 3 is 2.39 bits per heavy atom. The first-order valence-electron chi connectivity index (χ1n) is 6.44. The molecule has 2 heteroatoms. The molecule has 0 saturated heterocycles. The van der Waals surface area contributed by atoms with Gasteiger partial charge >= 0.3 is 0 Å². The van der Waals surface area contributed by atoms with E-state index in [2.05, 4.69) is 46.8 Å². The van der Waals surface area contributed by atoms with Crippen LogP contribution in [0.15, 0.2) is 12.1 Å². The third-order valence-electron chi connectivity index (χ3n) is 3.38. The van der Waals surface area contributed by atoms with Crippen LogP contribution in [0.1, 0.15) is 56.7 Å². The van der Waals surface area contributed by atoms with E-state index in [9.17, 15) is 4.79 Å². The molecule has 1 aromatic rings. The summed E-state index contributed by atoms with van der Waals surface area (Å²) in [5.74, 6) is 1.19. The number of carbonyl (C=O) groups excluding carboxylic acids is 1. The van der Waals surface area contributed by atoms with Crippen molar-refractivity contribution in [3.63, 3.8) is 0 Å². The number of carbonyl (C=O) groups is 1. The molecule has 100 valence electrons. The average Bonchev–Trinajstić information content (AvgIpc) is 2.27. The molecule has 1 unspecified atom stereocenters. The van der Waals surface area contributed by atoms with E-state index in [4.69, 9.17) is 4.74 Å². The van der Waals surface area contributed by atoms with Crippen molar-refractivity contribution in [2.24, 2.45) is 0 Å². The van der Waals surface area contributed by atoms with E-state index >= 15 is 0 Å². The first-order valence-corrected chi connectivity index (χ1v) is 6.44. The molecular weight excluding hydrogens is 224 g/mol. The molecule has 0 heterocycles. The van der Waals surface area contributed by atoms with Crippen molar-refractivity contribution >= 4 is 6.29 Å². The predicted molar refractivity (Wildman–Crippen MR) is 75.5 cm³/mol. The Labute approximate surface area is 110 Å². The fourth-order valence-electron chi connectivity index (χ4n) is 2.26. The van der Waals surface area contributed by atoms with Crippen LogP contribution < -0.4 is 4.74 Å². The molecule has 0 N–H and O–H groups in total. The molecule has 0 aliphatic carbocycles. The summed E-state index contributed by atoms with van der Waals surface area (Å²) in [6.45, 7) is 10.7. The molecule has 0 aliphatic heterocycles. The van der Waals surface area contributed by atoms with Gasteiger partial charge in [0.15, 0.2) is 0 Å². The number of aldehydes is 1. The minimum Gasteiger partial charge on any atom is -0.496 e. The highest BCUT2D eigenvalue weighted by atomic mass is 16.5. The van der Waals surface area contributed by atoms with Gasteiger partial charge in [-0.1, -0.05) is 33.8 Å². The maximum absolute atomic E-state index is 10.7. The summed E-state index contributed by atoms with van der Waals surface area (Å²) in [7, 11) is 1.71. The quantitative estimate of drug-likeness (QED) is 0.753. The molecule has 0 bridgehead atoms. The van der Waals surface area contributed by atoms with Crippen molar-refractivity contribution in [3.8, 4) is 5.75 Å². The topological polar surface area (TPSA) is 26.3 Å². The van der Waals surface area contributed by atoms with Crippen LogP contribution in [0.2, 0.25) is 0 Å². The van der Waals surface area contributed by atoms with Crippen molar-refractivity contribution in [1.82, 2.24) is 0 Å². The van der Waals surface area contributed by atoms with Crippen molar-refractivity contribution < 1.29 is 9.53 Å². The van der Waals surface area contributed by atoms with E-state index in [0.717, 1.165) is 12.0 Å². The van der Waals surface area contributed by atoms with Crippen LogP contribution in [0, 0.1) is 6.92 Å². The lowest BCUT2D eigenvalue weighted by Crippen LogP contribution is -2.14. The van der Waals surface area contributed by atoms with E-state index < -0.39 is 0 Å². The third kappa shape index (κ3) is 3.12. The Balaban J connectivity index is 3.34. The normalized spacial score (nSPS) is 13.2. The van der Waals surface area contributed by atoms with Gasteiger partial charge in [0.25, 0.3) is 0 Å². The summed E-state index contributed by atoms with van der Waals surface area (Å²) < 4.78 is 5.48. The van der Waals surface area contributed by atoms with Gasteiger partial charge in [-0.3, -0.25) is 0 Å². The van der Waals surface area contributed by atoms with E-state index in [1.54, 1.807) is 7.11 Å². The SMILES string of the molecule is COc1cc(C)c(C(C)CC=O)cc1C(C)(C)C. The number of benzene rings is 1. The summed E-state index contributed by atoms with van der Waals surface area (Å²) in [6.07, 6.45) is 1.56. The molecule has 0 aliphatic rings. The van der Waals surface area contributed by atoms with Crippen LogP contribution in [0.5, 0.6) is 5.75 Å². The van der Waals surface area contributed by atoms with Crippen LogP contribution in [0.3, 0.4) is 0 Å². The summed E-state index contributed by atoms with van der Waals surface area (Å²) in [6, 6.07) is 4.28. The molecule has 0 radical (unpaired) electrons. The van der Waals surface area contributed by atoms with Gasteiger partial charge in [0.1, 0.15) is 12.0 Å². The van der Waals surface area contributed by atoms with Gasteiger partial charge in [-0.05, 0) is 41.0 Å². The summed E-state index contributed by atoms with van der Waals surface area (Å²) in [4.78, 5) is 10.7. The summed E-state index contributed by atoms with van der Waals surface area (Å²) in [5, 5.41) is 0. The van der Waals surface area contributed by atoms with Gasteiger partial charge in [0.2, 0.25) is 0 Å². The standard InChI is InChI=1S/C16H24O2/c1-11(7-8-17)13-10-14(16(3,4)5)15(18-6)9-12(13)2/h8-11H,7H2,1-6H3. The lowest BCUT2D eigenvalue weighted by molar-refractivity contribution is -0.108. The lowest BCUT2D eigenvalue weighted by Gasteiger charge is -2.25. The van der Waals surface area contributed by atoms with Crippen LogP contribution in [-0.4, -0.2) is 13.4 Å². The van der Waals surface area contributed by atoms with Crippen LogP contribution in [0.25, 0.3) is 0 Å². The molecular formula is C16H24O2. The monoisotopic (exact) mass is 248 g/mol. The van der Waals surface area contributed by atoms with Gasteiger partial charge in [-0.15, -0.1) is 0 Å². The number of methoxy groups -OCH3 is 1. The minimum atomic E-state index is 0.0364. The second-order valence-corrected chi connectivity index (χ2v) is 5.96. The minimum absolute atomic E-state index is 0.0364. The molecule has 0 amide bonds. The van der Waals surface area contributed by atoms with E-state index in [1.165, 1.54) is 16.7 Å². The van der Waals surface area contributed by atoms with Gasteiger partial charge in [-0.2, -0.15) is 0 Å². The fourth-order valence-corrected chi connectivity index (χ4v) is 2.26. The molecule has 1 aromatic carbocycles. The Kier molecular flexibility index (Phi) is 4.55. The Morgan fingerprint density at radius 2 is 1.94 bits per heavy atom. The summed E-state index contributed by atoms with van der Waals surface area (Å²) in [5.41, 5.74) is 3.67. The second-order valence-electron chi connectivity index (χ2n) is 5.96. The van der Waals surface area contributed by atoms with E-state index in [1.807, 2.05) is 0 Å². The molecule has 0 spiro atoms. The number of hydrogen-bond donors (Lipinski definition) is 0. The highest BCUT2D eigenvalue weighted by molar-refractivity contribution is 5.53. The zero-order chi connectivity index (χ0) is 13.9. The summed E-state index contributed by atoms with van der Waals surface area (Å²) >= 11 is 0. The van der Waals surface area contributed by atoms with Gasteiger partial charge in [0.05, 0.1) is 7.11 Å². The van der Waals surface area contributed by atoms with Crippen LogP contribution >= 0.6 is 0 Å². The number of ether oxygens (including phenoxy) is 1. The van der Waals surface area contributed by atoms with Gasteiger partial charge < -0.3 is 9.53 Å². The zero-order valence-electron chi connectivity index (χ0n) is 12.3. The van der Waals surface area contributed by atoms with Crippen LogP contribution in [0.4, 0.5) is 0 Å². The van der Waals surface area contributed by atoms with Crippen molar-refractivity contribution in [2.75, 3.05) is 7.11 Å². The largest absolute Gasteiger partial charge is 0.496 e. The third-order valence-corrected chi connectivity index (χ3v) is 3.38. The number of rotatable bonds is 4. The Bertz CT molecular complexity index is 427. The highest BCUT2D eigenvalue weighted by Crippen LogP contribution is 2.36. The second kappa shape index (κ2) is 5.55. The molecule has 2 nitrogen and oxygen atoms in total. The first-order chi connectivity index (χ1) is 8.31. The molecule has 0 saturated carbocycles. The molecule has 1 atom stereocenters. The van der Waals surface area contributed by atoms with Crippen molar-refractivity contribution in [3.05, 3.63) is 28.8 Å². The molecule has 18 heavy (non-hydrogen) atoms. The smallest absolute Gasteiger partial charge is 0.122 e. The average molecular weight is 248 g/mol. The molecule has 1 rings (SSSR count). The van der Waals surface area contributed by atoms with Crippen molar-refractivity contribution in [2.45, 2.75) is 52.4 Å². The van der Waals surface area contributed by atoms with E-state index in [0.29, 0.717) is 6.42 Å². The molecule has 0 aromatic heterocycles. The zero-order valence-corrected chi connectivity index (χ0v) is 12.3. The van der Waals surface area contributed by atoms with E-state index in [-0.39, 0.29) is 11.3 Å². The highest BCUT2D eigenvalue weighted by Gasteiger charge is 2.21. The van der Waals surface area contributed by atoms with Crippen molar-refractivity contribution in [1.29, 1.82) is 0 Å². The molecule has 0 fully saturated rings. The fraction of sp³-hybridized carbons (Fsp3) is 0.562.